The number of hydrogen-bond donors (Lipinski definition) is 2. The lowest BCUT2D eigenvalue weighted by Gasteiger charge is -2.28. The number of aryl methyl sites for hydroxylation is 1. The Morgan fingerprint density at radius 2 is 1.53 bits per heavy atom. The van der Waals surface area contributed by atoms with Crippen LogP contribution in [-0.4, -0.2) is 46.0 Å². The van der Waals surface area contributed by atoms with Gasteiger partial charge in [0, 0.05) is 36.7 Å². The number of benzene rings is 1. The zero-order chi connectivity index (χ0) is 32.1. The van der Waals surface area contributed by atoms with Crippen LogP contribution in [0.2, 0.25) is 0 Å². The number of carbonyl (C=O) groups is 3. The lowest BCUT2D eigenvalue weighted by Crippen LogP contribution is -2.44. The van der Waals surface area contributed by atoms with Gasteiger partial charge in [-0.15, -0.1) is 0 Å². The van der Waals surface area contributed by atoms with Crippen molar-refractivity contribution in [1.82, 2.24) is 9.55 Å². The highest BCUT2D eigenvalue weighted by Gasteiger charge is 2.33. The summed E-state index contributed by atoms with van der Waals surface area (Å²) in [6, 6.07) is 11.1. The Morgan fingerprint density at radius 3 is 2.02 bits per heavy atom. The average Bonchev–Trinajstić information content (AvgIpc) is 3.23. The number of anilines is 3. The van der Waals surface area contributed by atoms with Gasteiger partial charge in [-0.2, -0.15) is 4.90 Å². The van der Waals surface area contributed by atoms with Crippen molar-refractivity contribution in [2.75, 3.05) is 22.6 Å². The minimum Gasteiger partial charge on any atom is -0.443 e. The zero-order valence-electron chi connectivity index (χ0n) is 26.9. The van der Waals surface area contributed by atoms with Crippen LogP contribution in [0.5, 0.6) is 0 Å². The van der Waals surface area contributed by atoms with Gasteiger partial charge >= 0.3 is 12.2 Å². The molecule has 0 aliphatic heterocycles. The Hall–Kier alpha value is -4.12. The third kappa shape index (κ3) is 9.18. The molecule has 0 spiro atoms. The first-order valence-corrected chi connectivity index (χ1v) is 14.5. The predicted octanol–water partition coefficient (Wildman–Crippen LogP) is 7.47. The van der Waals surface area contributed by atoms with Crippen molar-refractivity contribution in [3.63, 3.8) is 0 Å². The second kappa shape index (κ2) is 13.5. The van der Waals surface area contributed by atoms with Gasteiger partial charge in [0.25, 0.3) is 0 Å². The molecule has 0 saturated heterocycles. The molecule has 2 aromatic heterocycles. The van der Waals surface area contributed by atoms with E-state index in [1.54, 1.807) is 54.7 Å². The number of methoxy groups -OCH3 is 1. The number of aromatic nitrogens is 2. The number of ether oxygens (including phenoxy) is 3. The van der Waals surface area contributed by atoms with Gasteiger partial charge in [-0.25, -0.2) is 14.6 Å². The molecule has 3 rings (SSSR count). The molecule has 11 nitrogen and oxygen atoms in total. The number of nitrogens with zero attached hydrogens (tertiary/aromatic N) is 3. The molecule has 1 unspecified atom stereocenters. The maximum atomic E-state index is 13.0. The van der Waals surface area contributed by atoms with E-state index < -0.39 is 29.6 Å². The van der Waals surface area contributed by atoms with Crippen molar-refractivity contribution in [3.05, 3.63) is 48.3 Å². The SMILES string of the molecule is CCn1c(C(Nc2ccc(N(C(=O)OC(C)(C)C)C(=O)OC(C)(C)C)nc2)OC)cc2cc(NC(=O)CC(C)C)ccc21. The predicted molar refractivity (Wildman–Crippen MR) is 168 cm³/mol. The van der Waals surface area contributed by atoms with Crippen molar-refractivity contribution in [2.24, 2.45) is 5.92 Å². The van der Waals surface area contributed by atoms with E-state index in [1.807, 2.05) is 45.0 Å². The quantitative estimate of drug-likeness (QED) is 0.244. The Labute approximate surface area is 253 Å². The number of hydrogen-bond acceptors (Lipinski definition) is 8. The Kier molecular flexibility index (Phi) is 10.4. The van der Waals surface area contributed by atoms with Crippen LogP contribution >= 0.6 is 0 Å². The molecule has 234 valence electrons. The molecule has 43 heavy (non-hydrogen) atoms. The molecule has 2 heterocycles. The fourth-order valence-electron chi connectivity index (χ4n) is 4.41. The van der Waals surface area contributed by atoms with Gasteiger partial charge in [0.05, 0.1) is 17.6 Å². The van der Waals surface area contributed by atoms with Crippen LogP contribution in [0.25, 0.3) is 10.9 Å². The Bertz CT molecular complexity index is 1410. The van der Waals surface area contributed by atoms with E-state index in [0.717, 1.165) is 27.2 Å². The minimum atomic E-state index is -0.892. The van der Waals surface area contributed by atoms with Gasteiger partial charge in [-0.05, 0) is 90.8 Å². The third-order valence-corrected chi connectivity index (χ3v) is 6.06. The van der Waals surface area contributed by atoms with E-state index in [0.29, 0.717) is 18.7 Å². The summed E-state index contributed by atoms with van der Waals surface area (Å²) >= 11 is 0. The van der Waals surface area contributed by atoms with Crippen molar-refractivity contribution < 1.29 is 28.6 Å². The second-order valence-electron chi connectivity index (χ2n) is 12.7. The van der Waals surface area contributed by atoms with Crippen molar-refractivity contribution in [3.8, 4) is 0 Å². The molecule has 0 fully saturated rings. The molecule has 1 aromatic carbocycles. The van der Waals surface area contributed by atoms with E-state index in [2.05, 4.69) is 20.2 Å². The summed E-state index contributed by atoms with van der Waals surface area (Å²) in [5.41, 5.74) is 1.55. The number of pyridine rings is 1. The first-order valence-electron chi connectivity index (χ1n) is 14.5. The lowest BCUT2D eigenvalue weighted by atomic mass is 10.1. The normalized spacial score (nSPS) is 12.6. The summed E-state index contributed by atoms with van der Waals surface area (Å²) in [4.78, 5) is 43.4. The molecule has 1 atom stereocenters. The zero-order valence-corrected chi connectivity index (χ0v) is 26.9. The molecule has 0 aliphatic carbocycles. The van der Waals surface area contributed by atoms with Gasteiger partial charge in [-0.3, -0.25) is 4.79 Å². The summed E-state index contributed by atoms with van der Waals surface area (Å²) < 4.78 is 18.8. The molecule has 3 amide bonds. The van der Waals surface area contributed by atoms with Crippen LogP contribution in [0.3, 0.4) is 0 Å². The highest BCUT2D eigenvalue weighted by atomic mass is 16.6. The molecule has 11 heteroatoms. The minimum absolute atomic E-state index is 0.0196. The standard InChI is InChI=1S/C32H45N5O6/c1-11-36-24-14-12-22(34-27(38)16-20(2)3)17-21(24)18-25(36)28(41-10)35-23-13-15-26(33-19-23)37(29(39)42-31(4,5)6)30(40)43-32(7,8)9/h12-15,17-20,28,35H,11,16H2,1-10H3,(H,34,38). The maximum Gasteiger partial charge on any atom is 0.425 e. The van der Waals surface area contributed by atoms with Crippen LogP contribution in [0.1, 0.15) is 80.7 Å². The Morgan fingerprint density at radius 1 is 0.930 bits per heavy atom. The summed E-state index contributed by atoms with van der Waals surface area (Å²) in [6.45, 7) is 17.0. The van der Waals surface area contributed by atoms with Gasteiger partial charge in [-0.1, -0.05) is 13.8 Å². The fraction of sp³-hybridized carbons (Fsp3) is 0.500. The van der Waals surface area contributed by atoms with E-state index in [1.165, 1.54) is 12.3 Å². The van der Waals surface area contributed by atoms with E-state index >= 15 is 0 Å². The summed E-state index contributed by atoms with van der Waals surface area (Å²) in [5, 5.41) is 7.26. The van der Waals surface area contributed by atoms with Crippen LogP contribution < -0.4 is 15.5 Å². The fourth-order valence-corrected chi connectivity index (χ4v) is 4.41. The number of amides is 3. The molecule has 0 bridgehead atoms. The molecular weight excluding hydrogens is 550 g/mol. The second-order valence-corrected chi connectivity index (χ2v) is 12.7. The highest BCUT2D eigenvalue weighted by molar-refractivity contribution is 6.08. The van der Waals surface area contributed by atoms with Gasteiger partial charge < -0.3 is 29.4 Å². The topological polar surface area (TPSA) is 124 Å². The van der Waals surface area contributed by atoms with Crippen molar-refractivity contribution >= 4 is 46.2 Å². The largest absolute Gasteiger partial charge is 0.443 e. The Balaban J connectivity index is 1.87. The summed E-state index contributed by atoms with van der Waals surface area (Å²) in [6.07, 6.45) is -0.375. The monoisotopic (exact) mass is 595 g/mol. The van der Waals surface area contributed by atoms with E-state index in [9.17, 15) is 14.4 Å². The van der Waals surface area contributed by atoms with Crippen LogP contribution in [0, 0.1) is 5.92 Å². The first kappa shape index (κ1) is 33.4. The number of rotatable bonds is 9. The van der Waals surface area contributed by atoms with Crippen LogP contribution in [-0.2, 0) is 25.5 Å². The van der Waals surface area contributed by atoms with Crippen LogP contribution in [0.15, 0.2) is 42.6 Å². The smallest absolute Gasteiger partial charge is 0.425 e. The molecule has 3 aromatic rings. The van der Waals surface area contributed by atoms with Gasteiger partial charge in [0.2, 0.25) is 5.91 Å². The first-order chi connectivity index (χ1) is 20.0. The number of carbonyl (C=O) groups excluding carboxylic acids is 3. The number of nitrogens with one attached hydrogen (secondary N) is 2. The maximum absolute atomic E-state index is 13.0. The number of fused-ring (bicyclic) bond motifs is 1. The van der Waals surface area contributed by atoms with Gasteiger partial charge in [0.15, 0.2) is 6.23 Å². The number of imide groups is 1. The molecule has 0 radical (unpaired) electrons. The van der Waals surface area contributed by atoms with Crippen molar-refractivity contribution in [2.45, 2.75) is 92.7 Å². The molecule has 2 N–H and O–H groups in total. The highest BCUT2D eigenvalue weighted by Crippen LogP contribution is 2.30. The molecule has 0 saturated carbocycles. The van der Waals surface area contributed by atoms with Crippen molar-refractivity contribution in [1.29, 1.82) is 0 Å². The molecule has 0 aliphatic rings. The lowest BCUT2D eigenvalue weighted by molar-refractivity contribution is -0.116. The third-order valence-electron chi connectivity index (χ3n) is 6.06. The van der Waals surface area contributed by atoms with Crippen LogP contribution in [0.4, 0.5) is 26.8 Å². The molecular formula is C32H45N5O6. The van der Waals surface area contributed by atoms with E-state index in [4.69, 9.17) is 14.2 Å². The van der Waals surface area contributed by atoms with Gasteiger partial charge in [0.1, 0.15) is 17.0 Å². The summed E-state index contributed by atoms with van der Waals surface area (Å²) in [5.74, 6) is 0.304. The van der Waals surface area contributed by atoms with E-state index in [-0.39, 0.29) is 17.6 Å². The summed E-state index contributed by atoms with van der Waals surface area (Å²) in [7, 11) is 1.60. The average molecular weight is 596 g/mol.